The van der Waals surface area contributed by atoms with Gasteiger partial charge in [0.2, 0.25) is 0 Å². The zero-order valence-electron chi connectivity index (χ0n) is 20.7. The molecule has 0 aliphatic heterocycles. The van der Waals surface area contributed by atoms with Crippen LogP contribution in [0.15, 0.2) is 60.8 Å². The van der Waals surface area contributed by atoms with E-state index < -0.39 is 0 Å². The summed E-state index contributed by atoms with van der Waals surface area (Å²) in [6.07, 6.45) is 1.79. The number of aromatic hydroxyl groups is 2. The molecule has 0 aliphatic carbocycles. The first-order chi connectivity index (χ1) is 14.8. The molecule has 0 saturated heterocycles. The van der Waals surface area contributed by atoms with Gasteiger partial charge in [0.15, 0.2) is 0 Å². The normalized spacial score (nSPS) is 10.8. The van der Waals surface area contributed by atoms with Crippen LogP contribution >= 0.6 is 0 Å². The number of hydrogen-bond donors (Lipinski definition) is 2. The minimum atomic E-state index is 0.0239. The number of pyridine rings is 1. The van der Waals surface area contributed by atoms with E-state index in [-0.39, 0.29) is 10.8 Å². The number of aromatic nitrogens is 1. The Bertz CT molecular complexity index is 939. The average molecular weight is 467 g/mol. The molecule has 4 heteroatoms. The summed E-state index contributed by atoms with van der Waals surface area (Å²) >= 11 is 1.97. The van der Waals surface area contributed by atoms with Crippen molar-refractivity contribution in [1.29, 1.82) is 0 Å². The van der Waals surface area contributed by atoms with Crippen LogP contribution in [0.3, 0.4) is 0 Å². The molecule has 0 fully saturated rings. The van der Waals surface area contributed by atoms with Gasteiger partial charge in [0, 0.05) is 0 Å². The van der Waals surface area contributed by atoms with Gasteiger partial charge in [0.25, 0.3) is 0 Å². The van der Waals surface area contributed by atoms with Crippen molar-refractivity contribution in [2.75, 3.05) is 0 Å². The zero-order chi connectivity index (χ0) is 24.5. The van der Waals surface area contributed by atoms with Crippen molar-refractivity contribution in [1.82, 2.24) is 4.98 Å². The standard InChI is InChI=1S/2C11H16O.C6H5N.Ti/c2*1-8-5-6-10(12)9(7-8)11(2,3)4;1-6-4-2-3-5-7-6;/h2*5-7,12H,1-4H3;1-5H;. The molecule has 0 atom stereocenters. The Balaban J connectivity index is 0.000000245. The van der Waals surface area contributed by atoms with Crippen molar-refractivity contribution in [3.8, 4) is 11.5 Å². The molecule has 2 N–H and O–H groups in total. The number of phenols is 2. The van der Waals surface area contributed by atoms with Gasteiger partial charge in [-0.05, 0) is 47.9 Å². The molecule has 2 aromatic carbocycles. The van der Waals surface area contributed by atoms with Crippen molar-refractivity contribution >= 4 is 4.31 Å². The van der Waals surface area contributed by atoms with Gasteiger partial charge in [-0.2, -0.15) is 0 Å². The van der Waals surface area contributed by atoms with Crippen LogP contribution in [-0.2, 0) is 30.8 Å². The summed E-state index contributed by atoms with van der Waals surface area (Å²) in [5.41, 5.74) is 5.50. The van der Waals surface area contributed by atoms with Crippen molar-refractivity contribution in [2.24, 2.45) is 0 Å². The second kappa shape index (κ2) is 12.1. The quantitative estimate of drug-likeness (QED) is 0.388. The molecule has 0 radical (unpaired) electrons. The van der Waals surface area contributed by atoms with E-state index in [0.29, 0.717) is 11.5 Å². The molecule has 1 aromatic heterocycles. The number of benzene rings is 2. The summed E-state index contributed by atoms with van der Waals surface area (Å²) in [6, 6.07) is 17.3. The molecule has 1 heterocycles. The number of aryl methyl sites for hydroxylation is 2. The molecule has 3 rings (SSSR count). The van der Waals surface area contributed by atoms with Crippen molar-refractivity contribution < 1.29 is 30.2 Å². The van der Waals surface area contributed by atoms with E-state index in [1.807, 2.05) is 80.6 Å². The third-order valence-corrected chi connectivity index (χ3v) is 5.22. The van der Waals surface area contributed by atoms with Gasteiger partial charge in [-0.3, -0.25) is 0 Å². The van der Waals surface area contributed by atoms with E-state index in [0.717, 1.165) is 16.8 Å². The summed E-state index contributed by atoms with van der Waals surface area (Å²) in [6.45, 7) is 16.7. The molecular weight excluding hydrogens is 430 g/mol. The fraction of sp³-hybridized carbons (Fsp3) is 0.357. The molecule has 0 saturated carbocycles. The van der Waals surface area contributed by atoms with Crippen LogP contribution in [0.25, 0.3) is 0 Å². The predicted molar refractivity (Wildman–Crippen MR) is 132 cm³/mol. The fourth-order valence-electron chi connectivity index (χ4n) is 2.96. The maximum atomic E-state index is 9.57. The second-order valence-electron chi connectivity index (χ2n) is 9.94. The van der Waals surface area contributed by atoms with Crippen LogP contribution in [0, 0.1) is 13.8 Å². The van der Waals surface area contributed by atoms with Crippen LogP contribution in [0.4, 0.5) is 0 Å². The topological polar surface area (TPSA) is 53.4 Å². The first kappa shape index (κ1) is 27.8. The van der Waals surface area contributed by atoms with E-state index in [4.69, 9.17) is 0 Å². The van der Waals surface area contributed by atoms with Crippen LogP contribution in [0.5, 0.6) is 11.5 Å². The third-order valence-electron chi connectivity index (χ3n) is 4.76. The number of hydrogen-bond acceptors (Lipinski definition) is 3. The fourth-order valence-corrected chi connectivity index (χ4v) is 3.23. The van der Waals surface area contributed by atoms with E-state index >= 15 is 0 Å². The first-order valence-corrected chi connectivity index (χ1v) is 11.7. The van der Waals surface area contributed by atoms with Crippen LogP contribution in [-0.4, -0.2) is 19.5 Å². The molecule has 0 aliphatic rings. The Kier molecular flexibility index (Phi) is 10.5. The summed E-state index contributed by atoms with van der Waals surface area (Å²) in [5, 5.41) is 19.1. The summed E-state index contributed by atoms with van der Waals surface area (Å²) in [5.74, 6) is 0.793. The van der Waals surface area contributed by atoms with E-state index in [2.05, 4.69) is 46.5 Å². The second-order valence-corrected chi connectivity index (χ2v) is 10.4. The number of rotatable bonds is 1. The van der Waals surface area contributed by atoms with Crippen molar-refractivity contribution in [3.05, 3.63) is 88.7 Å². The molecule has 170 valence electrons. The molecule has 0 spiro atoms. The Labute approximate surface area is 205 Å². The summed E-state index contributed by atoms with van der Waals surface area (Å²) in [4.78, 5) is 4.04. The van der Waals surface area contributed by atoms with E-state index in [1.54, 1.807) is 18.3 Å². The first-order valence-electron chi connectivity index (χ1n) is 10.8. The van der Waals surface area contributed by atoms with Crippen LogP contribution in [0.1, 0.15) is 69.5 Å². The Morgan fingerprint density at radius 1 is 0.719 bits per heavy atom. The Morgan fingerprint density at radius 3 is 1.41 bits per heavy atom. The maximum absolute atomic E-state index is 9.57. The molecular formula is C28H37NO2Ti. The van der Waals surface area contributed by atoms with Gasteiger partial charge in [-0.25, -0.2) is 0 Å². The molecule has 0 unspecified atom stereocenters. The Morgan fingerprint density at radius 2 is 1.16 bits per heavy atom. The summed E-state index contributed by atoms with van der Waals surface area (Å²) in [7, 11) is 0. The third kappa shape index (κ3) is 9.50. The minimum absolute atomic E-state index is 0.0239. The Hall–Kier alpha value is -2.23. The van der Waals surface area contributed by atoms with Gasteiger partial charge in [0.05, 0.1) is 0 Å². The SMILES string of the molecule is Cc1ccc(O)c(C(C)(C)C)c1.Cc1ccc(O)c(C(C)(C)C)c1.[Ti]=[CH]c1ccccn1. The molecule has 3 aromatic rings. The van der Waals surface area contributed by atoms with Gasteiger partial charge in [0.1, 0.15) is 11.5 Å². The molecule has 32 heavy (non-hydrogen) atoms. The van der Waals surface area contributed by atoms with Gasteiger partial charge >= 0.3 is 59.4 Å². The average Bonchev–Trinajstić information content (AvgIpc) is 2.71. The molecule has 0 bridgehead atoms. The summed E-state index contributed by atoms with van der Waals surface area (Å²) < 4.78 is 1.97. The molecule has 0 amide bonds. The van der Waals surface area contributed by atoms with Gasteiger partial charge < -0.3 is 10.2 Å². The van der Waals surface area contributed by atoms with Crippen LogP contribution in [0.2, 0.25) is 0 Å². The van der Waals surface area contributed by atoms with Crippen molar-refractivity contribution in [3.63, 3.8) is 0 Å². The van der Waals surface area contributed by atoms with Gasteiger partial charge in [-0.1, -0.05) is 76.9 Å². The monoisotopic (exact) mass is 467 g/mol. The van der Waals surface area contributed by atoms with E-state index in [9.17, 15) is 10.2 Å². The van der Waals surface area contributed by atoms with Crippen molar-refractivity contribution in [2.45, 2.75) is 66.2 Å². The zero-order valence-corrected chi connectivity index (χ0v) is 22.3. The predicted octanol–water partition coefficient (Wildman–Crippen LogP) is 6.77. The number of phenolic OH excluding ortho intramolecular Hbond substituents is 2. The molecule has 3 nitrogen and oxygen atoms in total. The van der Waals surface area contributed by atoms with Gasteiger partial charge in [-0.15, -0.1) is 0 Å². The van der Waals surface area contributed by atoms with Crippen LogP contribution < -0.4 is 0 Å². The van der Waals surface area contributed by atoms with E-state index in [1.165, 1.54) is 11.1 Å². The number of nitrogens with zero attached hydrogens (tertiary/aromatic N) is 1.